The van der Waals surface area contributed by atoms with Crippen LogP contribution in [0.25, 0.3) is 49.4 Å². The quantitative estimate of drug-likeness (QED) is 0.215. The molecule has 2 aromatic heterocycles. The number of furan rings is 1. The maximum atomic E-state index is 6.39. The van der Waals surface area contributed by atoms with Crippen LogP contribution in [-0.2, 0) is 6.54 Å². The highest BCUT2D eigenvalue weighted by atomic mass is 16.3. The van der Waals surface area contributed by atoms with Gasteiger partial charge in [-0.25, -0.2) is 0 Å². The minimum absolute atomic E-state index is 0.536. The van der Waals surface area contributed by atoms with Gasteiger partial charge in [0.05, 0.1) is 23.0 Å². The number of nitrogens with two attached hydrogens (primary N) is 1. The van der Waals surface area contributed by atoms with Crippen molar-refractivity contribution in [2.75, 3.05) is 0 Å². The second kappa shape index (κ2) is 8.14. The van der Waals surface area contributed by atoms with E-state index in [0.29, 0.717) is 12.4 Å². The van der Waals surface area contributed by atoms with Gasteiger partial charge in [0.25, 0.3) is 0 Å². The monoisotopic (exact) mass is 465 g/mol. The van der Waals surface area contributed by atoms with Crippen LogP contribution in [0, 0.1) is 0 Å². The van der Waals surface area contributed by atoms with E-state index in [1.807, 2.05) is 42.5 Å². The van der Waals surface area contributed by atoms with E-state index < -0.39 is 0 Å². The third-order valence-corrected chi connectivity index (χ3v) is 6.88. The molecule has 0 spiro atoms. The van der Waals surface area contributed by atoms with E-state index in [-0.39, 0.29) is 0 Å². The number of benzene rings is 5. The molecule has 0 fully saturated rings. The van der Waals surface area contributed by atoms with Crippen molar-refractivity contribution >= 4 is 49.6 Å². The Labute approximate surface area is 207 Å². The van der Waals surface area contributed by atoms with Gasteiger partial charge in [-0.1, -0.05) is 78.9 Å². The fraction of sp³-hybridized carbons (Fsp3) is 0.0312. The number of hydrogen-bond donors (Lipinski definition) is 1. The number of fused-ring (bicyclic) bond motifs is 7. The Morgan fingerprint density at radius 1 is 0.667 bits per heavy atom. The van der Waals surface area contributed by atoms with E-state index in [1.54, 1.807) is 0 Å². The van der Waals surface area contributed by atoms with Gasteiger partial charge >= 0.3 is 0 Å². The van der Waals surface area contributed by atoms with Gasteiger partial charge in [-0.3, -0.25) is 4.99 Å². The molecule has 7 aromatic rings. The van der Waals surface area contributed by atoms with E-state index in [0.717, 1.165) is 55.2 Å². The van der Waals surface area contributed by atoms with Crippen molar-refractivity contribution in [2.45, 2.75) is 6.54 Å². The molecule has 0 radical (unpaired) electrons. The fourth-order valence-electron chi connectivity index (χ4n) is 5.14. The highest BCUT2D eigenvalue weighted by molar-refractivity contribution is 6.23. The fourth-order valence-corrected chi connectivity index (χ4v) is 5.14. The third kappa shape index (κ3) is 3.19. The van der Waals surface area contributed by atoms with Gasteiger partial charge in [0.15, 0.2) is 0 Å². The predicted molar refractivity (Wildman–Crippen MR) is 149 cm³/mol. The van der Waals surface area contributed by atoms with Crippen LogP contribution in [0.4, 0.5) is 0 Å². The molecule has 172 valence electrons. The van der Waals surface area contributed by atoms with Crippen molar-refractivity contribution in [2.24, 2.45) is 10.7 Å². The molecule has 0 bridgehead atoms. The number of para-hydroxylation sites is 2. The summed E-state index contributed by atoms with van der Waals surface area (Å²) in [6, 6.07) is 39.5. The molecule has 0 aliphatic heterocycles. The lowest BCUT2D eigenvalue weighted by Crippen LogP contribution is -2.13. The first-order valence-electron chi connectivity index (χ1n) is 12.1. The van der Waals surface area contributed by atoms with E-state index in [9.17, 15) is 0 Å². The zero-order valence-corrected chi connectivity index (χ0v) is 19.6. The van der Waals surface area contributed by atoms with Crippen molar-refractivity contribution in [3.05, 3.63) is 126 Å². The molecule has 0 amide bonds. The Hall–Kier alpha value is -4.83. The average Bonchev–Trinajstić information content (AvgIpc) is 3.48. The Kier molecular flexibility index (Phi) is 4.64. The van der Waals surface area contributed by atoms with Gasteiger partial charge in [0, 0.05) is 27.4 Å². The Balaban J connectivity index is 1.34. The molecule has 0 saturated carbocycles. The molecule has 0 unspecified atom stereocenters. The molecule has 4 nitrogen and oxygen atoms in total. The van der Waals surface area contributed by atoms with Crippen LogP contribution in [0.15, 0.2) is 125 Å². The maximum absolute atomic E-state index is 6.39. The van der Waals surface area contributed by atoms with Gasteiger partial charge < -0.3 is 14.7 Å². The summed E-state index contributed by atoms with van der Waals surface area (Å²) < 4.78 is 8.70. The van der Waals surface area contributed by atoms with Crippen LogP contribution in [0.1, 0.15) is 11.1 Å². The molecule has 5 aromatic carbocycles. The third-order valence-electron chi connectivity index (χ3n) is 6.88. The molecule has 0 saturated heterocycles. The Morgan fingerprint density at radius 2 is 1.39 bits per heavy atom. The summed E-state index contributed by atoms with van der Waals surface area (Å²) in [5.74, 6) is 0.553. The van der Waals surface area contributed by atoms with Crippen molar-refractivity contribution < 1.29 is 4.42 Å². The highest BCUT2D eigenvalue weighted by Gasteiger charge is 2.18. The number of nitrogens with zero attached hydrogens (tertiary/aromatic N) is 2. The number of aliphatic imine (C=N–C) groups is 1. The summed E-state index contributed by atoms with van der Waals surface area (Å²) in [5, 5.41) is 4.61. The SMILES string of the molecule is NC(=NCc1ccc(-n2c3ccccc3c3c4oc5ccccc5c4ccc32)cc1)c1ccccc1. The van der Waals surface area contributed by atoms with Gasteiger partial charge in [0.1, 0.15) is 17.0 Å². The standard InChI is InChI=1S/C32H23N3O/c33-32(22-8-2-1-3-9-22)34-20-21-14-16-23(17-15-21)35-27-12-6-4-11-26(27)30-28(35)19-18-25-24-10-5-7-13-29(24)36-31(25)30/h1-19H,20H2,(H2,33,34). The van der Waals surface area contributed by atoms with Crippen molar-refractivity contribution in [3.8, 4) is 5.69 Å². The second-order valence-electron chi connectivity index (χ2n) is 9.02. The normalized spacial score (nSPS) is 12.3. The van der Waals surface area contributed by atoms with Gasteiger partial charge in [0.2, 0.25) is 0 Å². The number of hydrogen-bond acceptors (Lipinski definition) is 2. The van der Waals surface area contributed by atoms with Gasteiger partial charge in [-0.05, 0) is 42.0 Å². The molecule has 7 rings (SSSR count). The smallest absolute Gasteiger partial charge is 0.145 e. The lowest BCUT2D eigenvalue weighted by molar-refractivity contribution is 0.673. The summed E-state index contributed by atoms with van der Waals surface area (Å²) in [6.45, 7) is 0.536. The minimum atomic E-state index is 0.536. The van der Waals surface area contributed by atoms with E-state index in [4.69, 9.17) is 10.2 Å². The number of rotatable bonds is 4. The van der Waals surface area contributed by atoms with E-state index >= 15 is 0 Å². The average molecular weight is 466 g/mol. The summed E-state index contributed by atoms with van der Waals surface area (Å²) in [6.07, 6.45) is 0. The molecule has 2 N–H and O–H groups in total. The molecular weight excluding hydrogens is 442 g/mol. The second-order valence-corrected chi connectivity index (χ2v) is 9.02. The molecule has 2 heterocycles. The number of amidine groups is 1. The van der Waals surface area contributed by atoms with Gasteiger partial charge in [-0.2, -0.15) is 0 Å². The lowest BCUT2D eigenvalue weighted by Gasteiger charge is -2.09. The van der Waals surface area contributed by atoms with Crippen LogP contribution >= 0.6 is 0 Å². The molecule has 0 aliphatic rings. The Morgan fingerprint density at radius 3 is 2.22 bits per heavy atom. The van der Waals surface area contributed by atoms with Crippen LogP contribution in [0.3, 0.4) is 0 Å². The summed E-state index contributed by atoms with van der Waals surface area (Å²) in [4.78, 5) is 4.59. The van der Waals surface area contributed by atoms with Crippen molar-refractivity contribution in [1.29, 1.82) is 0 Å². The molecular formula is C32H23N3O. The van der Waals surface area contributed by atoms with E-state index in [1.165, 1.54) is 5.39 Å². The zero-order valence-electron chi connectivity index (χ0n) is 19.6. The van der Waals surface area contributed by atoms with E-state index in [2.05, 4.69) is 82.4 Å². The zero-order chi connectivity index (χ0) is 24.1. The molecule has 36 heavy (non-hydrogen) atoms. The Bertz CT molecular complexity index is 1910. The summed E-state index contributed by atoms with van der Waals surface area (Å²) in [7, 11) is 0. The van der Waals surface area contributed by atoms with Crippen molar-refractivity contribution in [1.82, 2.24) is 4.57 Å². The minimum Gasteiger partial charge on any atom is -0.455 e. The molecule has 0 aliphatic carbocycles. The molecule has 4 heteroatoms. The first-order chi connectivity index (χ1) is 17.8. The molecule has 0 atom stereocenters. The van der Waals surface area contributed by atoms with Gasteiger partial charge in [-0.15, -0.1) is 0 Å². The number of aromatic nitrogens is 1. The first-order valence-corrected chi connectivity index (χ1v) is 12.1. The predicted octanol–water partition coefficient (Wildman–Crippen LogP) is 7.59. The largest absolute Gasteiger partial charge is 0.455 e. The summed E-state index contributed by atoms with van der Waals surface area (Å²) >= 11 is 0. The maximum Gasteiger partial charge on any atom is 0.145 e. The van der Waals surface area contributed by atoms with Crippen LogP contribution in [0.2, 0.25) is 0 Å². The summed E-state index contributed by atoms with van der Waals surface area (Å²) in [5.41, 5.74) is 13.5. The topological polar surface area (TPSA) is 56.4 Å². The first kappa shape index (κ1) is 20.5. The van der Waals surface area contributed by atoms with Crippen LogP contribution in [0.5, 0.6) is 0 Å². The van der Waals surface area contributed by atoms with Crippen LogP contribution < -0.4 is 5.73 Å². The lowest BCUT2D eigenvalue weighted by atomic mass is 10.1. The van der Waals surface area contributed by atoms with Crippen molar-refractivity contribution in [3.63, 3.8) is 0 Å². The highest BCUT2D eigenvalue weighted by Crippen LogP contribution is 2.40. The van der Waals surface area contributed by atoms with Crippen LogP contribution in [-0.4, -0.2) is 10.4 Å².